The summed E-state index contributed by atoms with van der Waals surface area (Å²) in [6, 6.07) is 17.2. The molecule has 3 aromatic carbocycles. The van der Waals surface area contributed by atoms with Crippen LogP contribution in [-0.4, -0.2) is 31.1 Å². The van der Waals surface area contributed by atoms with E-state index in [0.717, 1.165) is 22.1 Å². The number of nitrogens with one attached hydrogen (secondary N) is 2. The van der Waals surface area contributed by atoms with Crippen LogP contribution in [0.1, 0.15) is 6.92 Å². The van der Waals surface area contributed by atoms with Crippen LogP contribution >= 0.6 is 11.3 Å². The van der Waals surface area contributed by atoms with Crippen LogP contribution in [0.2, 0.25) is 0 Å². The molecular formula is C23H19N5O4S2. The van der Waals surface area contributed by atoms with E-state index < -0.39 is 27.8 Å². The second-order valence-electron chi connectivity index (χ2n) is 7.18. The highest BCUT2D eigenvalue weighted by Crippen LogP contribution is 2.24. The van der Waals surface area contributed by atoms with Crippen molar-refractivity contribution in [2.45, 2.75) is 17.9 Å². The van der Waals surface area contributed by atoms with Crippen molar-refractivity contribution in [1.29, 1.82) is 0 Å². The lowest BCUT2D eigenvalue weighted by Crippen LogP contribution is -2.31. The Morgan fingerprint density at radius 3 is 2.44 bits per heavy atom. The summed E-state index contributed by atoms with van der Waals surface area (Å²) in [7, 11) is -3.80. The van der Waals surface area contributed by atoms with Gasteiger partial charge in [0.25, 0.3) is 15.9 Å². The van der Waals surface area contributed by atoms with Crippen LogP contribution < -0.4 is 10.0 Å². The highest BCUT2D eigenvalue weighted by Gasteiger charge is 2.24. The van der Waals surface area contributed by atoms with Gasteiger partial charge in [-0.2, -0.15) is 10.2 Å². The molecule has 0 spiro atoms. The number of carbonyl (C=O) groups excluding carboxylic acids is 2. The summed E-state index contributed by atoms with van der Waals surface area (Å²) in [4.78, 5) is 28.8. The van der Waals surface area contributed by atoms with E-state index >= 15 is 0 Å². The normalized spacial score (nSPS) is 12.5. The number of hydrogen-bond acceptors (Lipinski definition) is 8. The number of sulfonamides is 1. The first-order valence-corrected chi connectivity index (χ1v) is 12.4. The smallest absolute Gasteiger partial charge is 0.263 e. The summed E-state index contributed by atoms with van der Waals surface area (Å²) < 4.78 is 27.2. The monoisotopic (exact) mass is 493 g/mol. The van der Waals surface area contributed by atoms with Gasteiger partial charge in [0, 0.05) is 22.7 Å². The highest BCUT2D eigenvalue weighted by molar-refractivity contribution is 7.93. The maximum absolute atomic E-state index is 12.8. The molecule has 34 heavy (non-hydrogen) atoms. The van der Waals surface area contributed by atoms with Gasteiger partial charge in [0.15, 0.2) is 10.9 Å². The van der Waals surface area contributed by atoms with E-state index in [0.29, 0.717) is 5.69 Å². The Labute approximate surface area is 199 Å². The average molecular weight is 494 g/mol. The first-order chi connectivity index (χ1) is 16.3. The van der Waals surface area contributed by atoms with E-state index in [1.165, 1.54) is 37.4 Å². The van der Waals surface area contributed by atoms with Crippen molar-refractivity contribution in [3.63, 3.8) is 0 Å². The number of aromatic nitrogens is 1. The Balaban J connectivity index is 1.49. The molecule has 0 saturated carbocycles. The van der Waals surface area contributed by atoms with Crippen molar-refractivity contribution in [3.05, 3.63) is 78.3 Å². The van der Waals surface area contributed by atoms with Crippen LogP contribution in [0.5, 0.6) is 0 Å². The number of rotatable bonds is 8. The average Bonchev–Trinajstić information content (AvgIpc) is 3.32. The number of azo groups is 1. The molecule has 172 valence electrons. The van der Waals surface area contributed by atoms with Gasteiger partial charge in [-0.1, -0.05) is 36.4 Å². The summed E-state index contributed by atoms with van der Waals surface area (Å²) in [5.41, 5.74) is 0.851. The van der Waals surface area contributed by atoms with Crippen molar-refractivity contribution in [2.24, 2.45) is 10.2 Å². The zero-order valence-corrected chi connectivity index (χ0v) is 19.5. The number of nitrogens with zero attached hydrogens (tertiary/aromatic N) is 3. The molecule has 1 amide bonds. The van der Waals surface area contributed by atoms with E-state index in [1.54, 1.807) is 17.5 Å². The molecule has 1 atom stereocenters. The molecule has 4 aromatic rings. The molecule has 4 rings (SSSR count). The lowest BCUT2D eigenvalue weighted by Gasteiger charge is -2.11. The number of amides is 1. The Morgan fingerprint density at radius 1 is 1.00 bits per heavy atom. The second-order valence-corrected chi connectivity index (χ2v) is 9.76. The molecule has 0 aliphatic heterocycles. The molecule has 0 saturated heterocycles. The SMILES string of the molecule is CC(=O)[C@H](N=Nc1ccc(S(=O)(=O)Nc2nccs2)cc1)C(=O)Nc1cccc2ccccc12. The number of Topliss-reactive ketones (excluding diaryl/α,β-unsaturated/α-hetero) is 1. The van der Waals surface area contributed by atoms with E-state index in [4.69, 9.17) is 0 Å². The van der Waals surface area contributed by atoms with Gasteiger partial charge in [-0.3, -0.25) is 14.3 Å². The molecular weight excluding hydrogens is 474 g/mol. The highest BCUT2D eigenvalue weighted by atomic mass is 32.2. The van der Waals surface area contributed by atoms with Gasteiger partial charge < -0.3 is 5.32 Å². The van der Waals surface area contributed by atoms with Gasteiger partial charge in [0.2, 0.25) is 6.04 Å². The molecule has 1 aromatic heterocycles. The van der Waals surface area contributed by atoms with Crippen LogP contribution in [0.4, 0.5) is 16.5 Å². The number of anilines is 2. The fourth-order valence-electron chi connectivity index (χ4n) is 3.12. The Morgan fingerprint density at radius 2 is 1.74 bits per heavy atom. The number of carbonyl (C=O) groups is 2. The molecule has 0 aliphatic rings. The number of fused-ring (bicyclic) bond motifs is 1. The summed E-state index contributed by atoms with van der Waals surface area (Å²) in [6.45, 7) is 1.26. The third-order valence-corrected chi connectivity index (χ3v) is 6.94. The largest absolute Gasteiger partial charge is 0.323 e. The van der Waals surface area contributed by atoms with Crippen LogP contribution in [0.3, 0.4) is 0 Å². The van der Waals surface area contributed by atoms with Crippen molar-refractivity contribution in [1.82, 2.24) is 4.98 Å². The van der Waals surface area contributed by atoms with Crippen molar-refractivity contribution in [2.75, 3.05) is 10.0 Å². The van der Waals surface area contributed by atoms with E-state index in [2.05, 4.69) is 25.3 Å². The number of ketones is 1. The predicted molar refractivity (Wildman–Crippen MR) is 131 cm³/mol. The molecule has 0 radical (unpaired) electrons. The number of thiazole rings is 1. The number of benzene rings is 3. The molecule has 2 N–H and O–H groups in total. The lowest BCUT2D eigenvalue weighted by atomic mass is 10.1. The Bertz CT molecular complexity index is 1460. The molecule has 11 heteroatoms. The minimum atomic E-state index is -3.80. The first kappa shape index (κ1) is 23.2. The van der Waals surface area contributed by atoms with Gasteiger partial charge in [-0.15, -0.1) is 11.3 Å². The fraction of sp³-hybridized carbons (Fsp3) is 0.0870. The zero-order valence-electron chi connectivity index (χ0n) is 17.9. The van der Waals surface area contributed by atoms with Crippen molar-refractivity contribution in [3.8, 4) is 0 Å². The third kappa shape index (κ3) is 5.33. The topological polar surface area (TPSA) is 130 Å². The summed E-state index contributed by atoms with van der Waals surface area (Å²) >= 11 is 1.16. The Kier molecular flexibility index (Phi) is 6.75. The van der Waals surface area contributed by atoms with Crippen LogP contribution in [0.15, 0.2) is 93.4 Å². The Hall–Kier alpha value is -3.96. The maximum Gasteiger partial charge on any atom is 0.263 e. The maximum atomic E-state index is 12.8. The van der Waals surface area contributed by atoms with E-state index in [1.807, 2.05) is 30.3 Å². The van der Waals surface area contributed by atoms with Crippen LogP contribution in [-0.2, 0) is 19.6 Å². The molecule has 0 fully saturated rings. The minimum Gasteiger partial charge on any atom is -0.323 e. The summed E-state index contributed by atoms with van der Waals surface area (Å²) in [5, 5.41) is 14.3. The standard InChI is InChI=1S/C23H19N5O4S2/c1-15(29)21(22(30)25-20-8-4-6-16-5-2-3-7-19(16)20)27-26-17-9-11-18(12-10-17)34(31,32)28-23-24-13-14-33-23/h2-14,21H,1H3,(H,24,28)(H,25,30)/t21-/m0/s1. The van der Waals surface area contributed by atoms with Gasteiger partial charge in [-0.05, 0) is 42.6 Å². The van der Waals surface area contributed by atoms with Crippen molar-refractivity contribution >= 4 is 60.3 Å². The molecule has 1 heterocycles. The number of hydrogen-bond donors (Lipinski definition) is 2. The molecule has 9 nitrogen and oxygen atoms in total. The minimum absolute atomic E-state index is 0.0125. The third-order valence-electron chi connectivity index (χ3n) is 4.77. The molecule has 0 aliphatic carbocycles. The van der Waals surface area contributed by atoms with E-state index in [9.17, 15) is 18.0 Å². The van der Waals surface area contributed by atoms with Crippen LogP contribution in [0.25, 0.3) is 10.8 Å². The summed E-state index contributed by atoms with van der Waals surface area (Å²) in [6.07, 6.45) is 1.49. The fourth-order valence-corrected chi connectivity index (χ4v) is 4.91. The lowest BCUT2D eigenvalue weighted by molar-refractivity contribution is -0.126. The van der Waals surface area contributed by atoms with E-state index in [-0.39, 0.29) is 15.7 Å². The van der Waals surface area contributed by atoms with Gasteiger partial charge in [-0.25, -0.2) is 13.4 Å². The van der Waals surface area contributed by atoms with Crippen LogP contribution in [0, 0.1) is 0 Å². The summed E-state index contributed by atoms with van der Waals surface area (Å²) in [5.74, 6) is -1.09. The molecule has 0 bridgehead atoms. The zero-order chi connectivity index (χ0) is 24.1. The second kappa shape index (κ2) is 9.89. The van der Waals surface area contributed by atoms with Gasteiger partial charge >= 0.3 is 0 Å². The first-order valence-electron chi connectivity index (χ1n) is 10.1. The molecule has 0 unspecified atom stereocenters. The van der Waals surface area contributed by atoms with Crippen molar-refractivity contribution < 1.29 is 18.0 Å². The van der Waals surface area contributed by atoms with Gasteiger partial charge in [0.1, 0.15) is 0 Å². The predicted octanol–water partition coefficient (Wildman–Crippen LogP) is 4.78. The quantitative estimate of drug-likeness (QED) is 0.270. The van der Waals surface area contributed by atoms with Gasteiger partial charge in [0.05, 0.1) is 10.6 Å².